The van der Waals surface area contributed by atoms with Crippen LogP contribution in [0.2, 0.25) is 0 Å². The van der Waals surface area contributed by atoms with E-state index in [0.717, 1.165) is 22.0 Å². The number of aromatic nitrogens is 1. The highest BCUT2D eigenvalue weighted by Crippen LogP contribution is 2.36. The molecule has 2 nitrogen and oxygen atoms in total. The van der Waals surface area contributed by atoms with Gasteiger partial charge in [-0.1, -0.05) is 48.5 Å². The van der Waals surface area contributed by atoms with E-state index in [1.165, 1.54) is 0 Å². The van der Waals surface area contributed by atoms with Crippen LogP contribution in [0.25, 0.3) is 22.0 Å². The maximum absolute atomic E-state index is 10.3. The molecule has 0 radical (unpaired) electrons. The first-order valence-corrected chi connectivity index (χ1v) is 5.91. The highest BCUT2D eigenvalue weighted by Gasteiger charge is 2.12. The van der Waals surface area contributed by atoms with Crippen LogP contribution in [0.5, 0.6) is 5.75 Å². The standard InChI is InChI=1S/C16H13NO/c1-11-16(18)15(12-7-3-2-4-8-12)13-9-5-6-10-14(13)17-11/h2-10,18H,1H3. The van der Waals surface area contributed by atoms with Crippen LogP contribution in [0.3, 0.4) is 0 Å². The van der Waals surface area contributed by atoms with Gasteiger partial charge in [-0.15, -0.1) is 0 Å². The number of rotatable bonds is 1. The number of hydrogen-bond donors (Lipinski definition) is 1. The maximum Gasteiger partial charge on any atom is 0.145 e. The van der Waals surface area contributed by atoms with Crippen molar-refractivity contribution in [3.63, 3.8) is 0 Å². The van der Waals surface area contributed by atoms with Crippen LogP contribution in [-0.2, 0) is 0 Å². The number of aryl methyl sites for hydroxylation is 1. The maximum atomic E-state index is 10.3. The Morgan fingerprint density at radius 2 is 1.56 bits per heavy atom. The summed E-state index contributed by atoms with van der Waals surface area (Å²) in [6.07, 6.45) is 0. The third-order valence-electron chi connectivity index (χ3n) is 3.10. The molecule has 0 saturated heterocycles. The lowest BCUT2D eigenvalue weighted by molar-refractivity contribution is 0.471. The number of fused-ring (bicyclic) bond motifs is 1. The molecule has 3 aromatic rings. The molecule has 2 aromatic carbocycles. The molecule has 0 unspecified atom stereocenters. The van der Waals surface area contributed by atoms with Crippen LogP contribution < -0.4 is 0 Å². The summed E-state index contributed by atoms with van der Waals surface area (Å²) >= 11 is 0. The Morgan fingerprint density at radius 1 is 0.889 bits per heavy atom. The molecule has 0 aliphatic heterocycles. The second-order valence-electron chi connectivity index (χ2n) is 4.30. The molecular formula is C16H13NO. The van der Waals surface area contributed by atoms with Gasteiger partial charge in [0.15, 0.2) is 0 Å². The molecule has 88 valence electrons. The smallest absolute Gasteiger partial charge is 0.145 e. The minimum absolute atomic E-state index is 0.264. The zero-order valence-electron chi connectivity index (χ0n) is 10.1. The van der Waals surface area contributed by atoms with E-state index in [9.17, 15) is 5.11 Å². The number of benzene rings is 2. The highest BCUT2D eigenvalue weighted by atomic mass is 16.3. The molecule has 0 bridgehead atoms. The van der Waals surface area contributed by atoms with Crippen molar-refractivity contribution in [3.05, 3.63) is 60.3 Å². The lowest BCUT2D eigenvalue weighted by Gasteiger charge is -2.11. The minimum atomic E-state index is 0.264. The van der Waals surface area contributed by atoms with Crippen molar-refractivity contribution in [1.29, 1.82) is 0 Å². The van der Waals surface area contributed by atoms with Gasteiger partial charge in [0.1, 0.15) is 5.75 Å². The van der Waals surface area contributed by atoms with Gasteiger partial charge in [-0.25, -0.2) is 4.98 Å². The number of para-hydroxylation sites is 1. The van der Waals surface area contributed by atoms with E-state index in [0.29, 0.717) is 5.69 Å². The summed E-state index contributed by atoms with van der Waals surface area (Å²) < 4.78 is 0. The Balaban J connectivity index is 2.43. The normalized spacial score (nSPS) is 10.7. The molecule has 0 saturated carbocycles. The van der Waals surface area contributed by atoms with Gasteiger partial charge < -0.3 is 5.11 Å². The van der Waals surface area contributed by atoms with E-state index in [1.807, 2.05) is 61.5 Å². The summed E-state index contributed by atoms with van der Waals surface area (Å²) in [6.45, 7) is 1.83. The zero-order chi connectivity index (χ0) is 12.5. The highest BCUT2D eigenvalue weighted by molar-refractivity contribution is 5.97. The van der Waals surface area contributed by atoms with Gasteiger partial charge in [0.2, 0.25) is 0 Å². The molecule has 0 aliphatic carbocycles. The molecular weight excluding hydrogens is 222 g/mol. The van der Waals surface area contributed by atoms with E-state index in [4.69, 9.17) is 0 Å². The second-order valence-corrected chi connectivity index (χ2v) is 4.30. The molecule has 0 aliphatic rings. The van der Waals surface area contributed by atoms with Crippen molar-refractivity contribution in [2.24, 2.45) is 0 Å². The quantitative estimate of drug-likeness (QED) is 0.693. The number of nitrogens with zero attached hydrogens (tertiary/aromatic N) is 1. The van der Waals surface area contributed by atoms with E-state index >= 15 is 0 Å². The summed E-state index contributed by atoms with van der Waals surface area (Å²) in [5, 5.41) is 11.3. The second kappa shape index (κ2) is 4.15. The average Bonchev–Trinajstić information content (AvgIpc) is 2.41. The Hall–Kier alpha value is -2.35. The van der Waals surface area contributed by atoms with Crippen LogP contribution in [0.15, 0.2) is 54.6 Å². The van der Waals surface area contributed by atoms with Gasteiger partial charge in [0, 0.05) is 10.9 Å². The van der Waals surface area contributed by atoms with Crippen molar-refractivity contribution in [3.8, 4) is 16.9 Å². The van der Waals surface area contributed by atoms with E-state index in [2.05, 4.69) is 4.98 Å². The third kappa shape index (κ3) is 1.63. The SMILES string of the molecule is Cc1nc2ccccc2c(-c2ccccc2)c1O. The molecule has 1 aromatic heterocycles. The van der Waals surface area contributed by atoms with Gasteiger partial charge in [-0.3, -0.25) is 0 Å². The molecule has 0 amide bonds. The van der Waals surface area contributed by atoms with Crippen molar-refractivity contribution in [2.75, 3.05) is 0 Å². The molecule has 0 spiro atoms. The first-order valence-electron chi connectivity index (χ1n) is 5.91. The van der Waals surface area contributed by atoms with Crippen LogP contribution in [0.1, 0.15) is 5.69 Å². The van der Waals surface area contributed by atoms with Crippen molar-refractivity contribution in [1.82, 2.24) is 4.98 Å². The van der Waals surface area contributed by atoms with Crippen LogP contribution in [0.4, 0.5) is 0 Å². The fraction of sp³-hybridized carbons (Fsp3) is 0.0625. The van der Waals surface area contributed by atoms with Crippen LogP contribution in [-0.4, -0.2) is 10.1 Å². The van der Waals surface area contributed by atoms with Crippen molar-refractivity contribution in [2.45, 2.75) is 6.92 Å². The molecule has 1 N–H and O–H groups in total. The Bertz CT molecular complexity index is 705. The predicted molar refractivity (Wildman–Crippen MR) is 73.6 cm³/mol. The monoisotopic (exact) mass is 235 g/mol. The van der Waals surface area contributed by atoms with Gasteiger partial charge in [-0.05, 0) is 18.6 Å². The number of hydrogen-bond acceptors (Lipinski definition) is 2. The van der Waals surface area contributed by atoms with Crippen LogP contribution in [0, 0.1) is 6.92 Å². The van der Waals surface area contributed by atoms with Gasteiger partial charge in [0.05, 0.1) is 11.2 Å². The lowest BCUT2D eigenvalue weighted by Crippen LogP contribution is -1.90. The van der Waals surface area contributed by atoms with Gasteiger partial charge >= 0.3 is 0 Å². The lowest BCUT2D eigenvalue weighted by atomic mass is 9.99. The summed E-state index contributed by atoms with van der Waals surface area (Å²) in [7, 11) is 0. The fourth-order valence-electron chi connectivity index (χ4n) is 2.22. The van der Waals surface area contributed by atoms with Gasteiger partial charge in [-0.2, -0.15) is 0 Å². The molecule has 0 atom stereocenters. The molecule has 0 fully saturated rings. The number of pyridine rings is 1. The minimum Gasteiger partial charge on any atom is -0.505 e. The van der Waals surface area contributed by atoms with E-state index in [1.54, 1.807) is 0 Å². The topological polar surface area (TPSA) is 33.1 Å². The van der Waals surface area contributed by atoms with E-state index < -0.39 is 0 Å². The Morgan fingerprint density at radius 3 is 2.33 bits per heavy atom. The van der Waals surface area contributed by atoms with Crippen molar-refractivity contribution < 1.29 is 5.11 Å². The molecule has 2 heteroatoms. The molecule has 1 heterocycles. The largest absolute Gasteiger partial charge is 0.505 e. The van der Waals surface area contributed by atoms with E-state index in [-0.39, 0.29) is 5.75 Å². The summed E-state index contributed by atoms with van der Waals surface area (Å²) in [5.41, 5.74) is 3.44. The zero-order valence-corrected chi connectivity index (χ0v) is 10.1. The Labute approximate surface area is 106 Å². The molecule has 18 heavy (non-hydrogen) atoms. The fourth-order valence-corrected chi connectivity index (χ4v) is 2.22. The summed E-state index contributed by atoms with van der Waals surface area (Å²) in [5.74, 6) is 0.264. The van der Waals surface area contributed by atoms with Crippen LogP contribution >= 0.6 is 0 Å². The molecule has 3 rings (SSSR count). The first-order chi connectivity index (χ1) is 8.77. The summed E-state index contributed by atoms with van der Waals surface area (Å²) in [6, 6.07) is 17.8. The van der Waals surface area contributed by atoms with Gasteiger partial charge in [0.25, 0.3) is 0 Å². The number of aromatic hydroxyl groups is 1. The average molecular weight is 235 g/mol. The van der Waals surface area contributed by atoms with Crippen molar-refractivity contribution >= 4 is 10.9 Å². The predicted octanol–water partition coefficient (Wildman–Crippen LogP) is 3.92. The first kappa shape index (κ1) is 10.8. The Kier molecular flexibility index (Phi) is 2.49. The summed E-state index contributed by atoms with van der Waals surface area (Å²) in [4.78, 5) is 4.41. The third-order valence-corrected chi connectivity index (χ3v) is 3.10.